The van der Waals surface area contributed by atoms with Crippen molar-refractivity contribution in [1.29, 1.82) is 0 Å². The zero-order valence-corrected chi connectivity index (χ0v) is 16.3. The molecular formula is C17H16ClN3O5S. The van der Waals surface area contributed by atoms with Crippen LogP contribution in [-0.4, -0.2) is 32.8 Å². The number of nitrogens with one attached hydrogen (secondary N) is 1. The van der Waals surface area contributed by atoms with Crippen LogP contribution in [0.1, 0.15) is 5.82 Å². The Morgan fingerprint density at radius 1 is 1.11 bits per heavy atom. The van der Waals surface area contributed by atoms with E-state index in [-0.39, 0.29) is 16.5 Å². The number of rotatable bonds is 6. The van der Waals surface area contributed by atoms with Crippen molar-refractivity contribution in [3.8, 4) is 23.0 Å². The predicted octanol–water partition coefficient (Wildman–Crippen LogP) is 3.52. The molecule has 2 aromatic carbocycles. The van der Waals surface area contributed by atoms with Gasteiger partial charge in [0, 0.05) is 11.1 Å². The molecule has 0 amide bonds. The molecule has 0 bridgehead atoms. The van der Waals surface area contributed by atoms with Gasteiger partial charge in [0.2, 0.25) is 0 Å². The van der Waals surface area contributed by atoms with E-state index < -0.39 is 10.0 Å². The van der Waals surface area contributed by atoms with Gasteiger partial charge in [-0.1, -0.05) is 22.8 Å². The van der Waals surface area contributed by atoms with Crippen molar-refractivity contribution in [3.05, 3.63) is 47.2 Å². The molecule has 0 fully saturated rings. The third-order valence-electron chi connectivity index (χ3n) is 3.63. The average molecular weight is 410 g/mol. The number of aryl methyl sites for hydroxylation is 1. The smallest absolute Gasteiger partial charge is 0.261 e. The Hall–Kier alpha value is -2.78. The maximum Gasteiger partial charge on any atom is 0.261 e. The van der Waals surface area contributed by atoms with Crippen molar-refractivity contribution in [2.75, 3.05) is 18.9 Å². The van der Waals surface area contributed by atoms with Crippen molar-refractivity contribution in [1.82, 2.24) is 10.1 Å². The highest BCUT2D eigenvalue weighted by atomic mass is 35.5. The van der Waals surface area contributed by atoms with E-state index in [1.807, 2.05) is 0 Å². The SMILES string of the molecule is COc1cc(NS(=O)(=O)c2cccc(Cl)c2)c(-c2nc(C)no2)cc1OC. The fourth-order valence-corrected chi connectivity index (χ4v) is 3.76. The van der Waals surface area contributed by atoms with Gasteiger partial charge in [-0.2, -0.15) is 4.98 Å². The van der Waals surface area contributed by atoms with Crippen LogP contribution in [-0.2, 0) is 10.0 Å². The van der Waals surface area contributed by atoms with Crippen molar-refractivity contribution in [3.63, 3.8) is 0 Å². The highest BCUT2D eigenvalue weighted by Gasteiger charge is 2.22. The molecule has 0 radical (unpaired) electrons. The molecule has 1 aromatic heterocycles. The van der Waals surface area contributed by atoms with Crippen LogP contribution in [0.15, 0.2) is 45.8 Å². The summed E-state index contributed by atoms with van der Waals surface area (Å²) in [4.78, 5) is 4.17. The lowest BCUT2D eigenvalue weighted by Crippen LogP contribution is -2.14. The average Bonchev–Trinajstić information content (AvgIpc) is 3.07. The Labute approximate surface area is 161 Å². The normalized spacial score (nSPS) is 11.3. The van der Waals surface area contributed by atoms with Crippen LogP contribution in [0.2, 0.25) is 5.02 Å². The molecule has 27 heavy (non-hydrogen) atoms. The Morgan fingerprint density at radius 2 is 1.81 bits per heavy atom. The fourth-order valence-electron chi connectivity index (χ4n) is 2.38. The first kappa shape index (κ1) is 19.0. The number of halogens is 1. The van der Waals surface area contributed by atoms with Crippen LogP contribution in [0.25, 0.3) is 11.5 Å². The van der Waals surface area contributed by atoms with Gasteiger partial charge in [0.1, 0.15) is 0 Å². The lowest BCUT2D eigenvalue weighted by Gasteiger charge is -2.15. The Morgan fingerprint density at radius 3 is 2.41 bits per heavy atom. The maximum absolute atomic E-state index is 12.8. The molecule has 1 heterocycles. The number of aromatic nitrogens is 2. The predicted molar refractivity (Wildman–Crippen MR) is 99.8 cm³/mol. The summed E-state index contributed by atoms with van der Waals surface area (Å²) in [5.41, 5.74) is 0.537. The topological polar surface area (TPSA) is 104 Å². The highest BCUT2D eigenvalue weighted by molar-refractivity contribution is 7.92. The van der Waals surface area contributed by atoms with Gasteiger partial charge in [0.25, 0.3) is 15.9 Å². The molecule has 0 saturated carbocycles. The Bertz CT molecular complexity index is 1080. The van der Waals surface area contributed by atoms with Crippen LogP contribution in [0, 0.1) is 6.92 Å². The molecule has 0 aliphatic carbocycles. The minimum Gasteiger partial charge on any atom is -0.493 e. The van der Waals surface area contributed by atoms with E-state index in [1.54, 1.807) is 25.1 Å². The summed E-state index contributed by atoms with van der Waals surface area (Å²) in [7, 11) is -1.01. The minimum atomic E-state index is -3.92. The van der Waals surface area contributed by atoms with Crippen molar-refractivity contribution in [2.24, 2.45) is 0 Å². The van der Waals surface area contributed by atoms with Crippen molar-refractivity contribution >= 4 is 27.3 Å². The largest absolute Gasteiger partial charge is 0.493 e. The van der Waals surface area contributed by atoms with Gasteiger partial charge in [-0.25, -0.2) is 8.42 Å². The van der Waals surface area contributed by atoms with Crippen LogP contribution < -0.4 is 14.2 Å². The summed E-state index contributed by atoms with van der Waals surface area (Å²) in [6, 6.07) is 8.96. The monoisotopic (exact) mass is 409 g/mol. The second kappa shape index (κ2) is 7.45. The number of sulfonamides is 1. The molecule has 3 aromatic rings. The van der Waals surface area contributed by atoms with Crippen LogP contribution in [0.4, 0.5) is 5.69 Å². The summed E-state index contributed by atoms with van der Waals surface area (Å²) < 4.78 is 43.8. The lowest BCUT2D eigenvalue weighted by atomic mass is 10.1. The summed E-state index contributed by atoms with van der Waals surface area (Å²) in [6.07, 6.45) is 0. The van der Waals surface area contributed by atoms with Crippen LogP contribution in [0.3, 0.4) is 0 Å². The number of methoxy groups -OCH3 is 2. The molecule has 8 nitrogen and oxygen atoms in total. The van der Waals surface area contributed by atoms with Gasteiger partial charge < -0.3 is 14.0 Å². The quantitative estimate of drug-likeness (QED) is 0.664. The first-order valence-electron chi connectivity index (χ1n) is 7.69. The second-order valence-electron chi connectivity index (χ2n) is 5.46. The molecule has 0 unspecified atom stereocenters. The number of benzene rings is 2. The zero-order valence-electron chi connectivity index (χ0n) is 14.7. The number of hydrogen-bond acceptors (Lipinski definition) is 7. The van der Waals surface area contributed by atoms with E-state index in [2.05, 4.69) is 14.9 Å². The third kappa shape index (κ3) is 3.99. The summed E-state index contributed by atoms with van der Waals surface area (Å²) in [5.74, 6) is 1.26. The summed E-state index contributed by atoms with van der Waals surface area (Å²) in [5, 5.41) is 4.05. The molecule has 1 N–H and O–H groups in total. The summed E-state index contributed by atoms with van der Waals surface area (Å²) >= 11 is 5.91. The summed E-state index contributed by atoms with van der Waals surface area (Å²) in [6.45, 7) is 1.66. The van der Waals surface area contributed by atoms with E-state index in [4.69, 9.17) is 25.6 Å². The standard InChI is InChI=1S/C17H16ClN3O5S/c1-10-19-17(26-20-10)13-8-15(24-2)16(25-3)9-14(13)21-27(22,23)12-6-4-5-11(18)7-12/h4-9,21H,1-3H3. The molecule has 142 valence electrons. The Balaban J connectivity index is 2.13. The molecule has 0 aliphatic heterocycles. The van der Waals surface area contributed by atoms with E-state index in [0.29, 0.717) is 27.9 Å². The van der Waals surface area contributed by atoms with Crippen LogP contribution in [0.5, 0.6) is 11.5 Å². The molecule has 10 heteroatoms. The van der Waals surface area contributed by atoms with E-state index in [1.165, 1.54) is 32.4 Å². The third-order valence-corrected chi connectivity index (χ3v) is 5.23. The number of nitrogens with zero attached hydrogens (tertiary/aromatic N) is 2. The number of ether oxygens (including phenoxy) is 2. The molecule has 0 atom stereocenters. The van der Waals surface area contributed by atoms with Gasteiger partial charge in [-0.05, 0) is 31.2 Å². The van der Waals surface area contributed by atoms with Crippen molar-refractivity contribution < 1.29 is 22.4 Å². The van der Waals surface area contributed by atoms with E-state index in [9.17, 15) is 8.42 Å². The van der Waals surface area contributed by atoms with Gasteiger partial charge >= 0.3 is 0 Å². The molecule has 0 saturated heterocycles. The first-order chi connectivity index (χ1) is 12.8. The highest BCUT2D eigenvalue weighted by Crippen LogP contribution is 2.39. The van der Waals surface area contributed by atoms with E-state index >= 15 is 0 Å². The minimum absolute atomic E-state index is 0.0115. The molecular weight excluding hydrogens is 394 g/mol. The van der Waals surface area contributed by atoms with Crippen molar-refractivity contribution in [2.45, 2.75) is 11.8 Å². The zero-order chi connectivity index (χ0) is 19.6. The van der Waals surface area contributed by atoms with Gasteiger partial charge in [0.15, 0.2) is 17.3 Å². The molecule has 0 spiro atoms. The maximum atomic E-state index is 12.8. The van der Waals surface area contributed by atoms with E-state index in [0.717, 1.165) is 0 Å². The first-order valence-corrected chi connectivity index (χ1v) is 9.55. The molecule has 0 aliphatic rings. The fraction of sp³-hybridized carbons (Fsp3) is 0.176. The van der Waals surface area contributed by atoms with Crippen LogP contribution >= 0.6 is 11.6 Å². The number of anilines is 1. The van der Waals surface area contributed by atoms with Gasteiger partial charge in [-0.15, -0.1) is 0 Å². The van der Waals surface area contributed by atoms with Gasteiger partial charge in [0.05, 0.1) is 30.4 Å². The lowest BCUT2D eigenvalue weighted by molar-refractivity contribution is 0.355. The number of hydrogen-bond donors (Lipinski definition) is 1. The van der Waals surface area contributed by atoms with Gasteiger partial charge in [-0.3, -0.25) is 4.72 Å². The Kier molecular flexibility index (Phi) is 5.24. The second-order valence-corrected chi connectivity index (χ2v) is 7.58. The molecule has 3 rings (SSSR count).